The molecule has 0 saturated carbocycles. The van der Waals surface area contributed by atoms with Gasteiger partial charge in [-0.15, -0.1) is 0 Å². The van der Waals surface area contributed by atoms with Crippen LogP contribution >= 0.6 is 0 Å². The normalized spacial score (nSPS) is 10.8. The van der Waals surface area contributed by atoms with Gasteiger partial charge in [0.1, 0.15) is 0 Å². The number of methoxy groups -OCH3 is 1. The maximum atomic E-state index is 5.52. The average molecular weight is 173 g/mol. The molecule has 0 aliphatic heterocycles. The summed E-state index contributed by atoms with van der Waals surface area (Å²) >= 11 is 0. The molecule has 0 aliphatic carbocycles. The van der Waals surface area contributed by atoms with Crippen molar-refractivity contribution in [2.75, 3.05) is 33.9 Å². The molecule has 0 amide bonds. The number of likely N-dealkylation sites (N-methyl/N-ethyl adjacent to an activating group) is 1. The van der Waals surface area contributed by atoms with E-state index in [1.807, 2.05) is 7.05 Å². The molecule has 0 saturated heterocycles. The number of hydrogen-bond acceptors (Lipinski definition) is 3. The van der Waals surface area contributed by atoms with Crippen LogP contribution in [0.3, 0.4) is 0 Å². The van der Waals surface area contributed by atoms with E-state index in [1.54, 1.807) is 7.11 Å². The fraction of sp³-hybridized carbons (Fsp3) is 1.00. The molecule has 0 aliphatic rings. The Morgan fingerprint density at radius 3 is 2.50 bits per heavy atom. The van der Waals surface area contributed by atoms with Gasteiger partial charge in [0.2, 0.25) is 0 Å². The molecular weight excluding hydrogens is 153 g/mol. The molecule has 0 aromatic rings. The van der Waals surface area contributed by atoms with Crippen molar-refractivity contribution in [3.05, 3.63) is 0 Å². The van der Waals surface area contributed by atoms with Gasteiger partial charge in [0.25, 0.3) is 0 Å². The molecule has 12 heavy (non-hydrogen) atoms. The van der Waals surface area contributed by atoms with Gasteiger partial charge in [0, 0.05) is 20.3 Å². The highest BCUT2D eigenvalue weighted by Gasteiger charge is 2.14. The second-order valence-corrected chi connectivity index (χ2v) is 2.94. The Labute approximate surface area is 76.2 Å². The lowest BCUT2D eigenvalue weighted by Crippen LogP contribution is -2.38. The van der Waals surface area contributed by atoms with Gasteiger partial charge in [-0.2, -0.15) is 0 Å². The molecule has 0 rings (SSSR count). The molecule has 4 heteroatoms. The predicted molar refractivity (Wildman–Crippen MR) is 52.4 cm³/mol. The van der Waals surface area contributed by atoms with E-state index in [1.165, 1.54) is 0 Å². The Kier molecular flexibility index (Phi) is 7.55. The van der Waals surface area contributed by atoms with Crippen LogP contribution in [-0.2, 0) is 9.39 Å². The second kappa shape index (κ2) is 7.59. The summed E-state index contributed by atoms with van der Waals surface area (Å²) < 4.78 is 10.5. The summed E-state index contributed by atoms with van der Waals surface area (Å²) in [5.74, 6) is 0. The van der Waals surface area contributed by atoms with E-state index < -0.39 is 0 Å². The Balaban J connectivity index is 3.39. The van der Waals surface area contributed by atoms with Crippen molar-refractivity contribution in [3.8, 4) is 0 Å². The molecule has 0 bridgehead atoms. The summed E-state index contributed by atoms with van der Waals surface area (Å²) in [5.41, 5.74) is 0. The summed E-state index contributed by atoms with van der Waals surface area (Å²) in [6.07, 6.45) is 1.07. The van der Waals surface area contributed by atoms with Crippen LogP contribution in [-0.4, -0.2) is 45.8 Å². The van der Waals surface area contributed by atoms with Gasteiger partial charge in [0.15, 0.2) is 0 Å². The van der Waals surface area contributed by atoms with Crippen LogP contribution in [0.1, 0.15) is 13.3 Å². The molecule has 0 radical (unpaired) electrons. The lowest BCUT2D eigenvalue weighted by atomic mass is 9.85. The van der Waals surface area contributed by atoms with Gasteiger partial charge in [-0.05, 0) is 20.3 Å². The Morgan fingerprint density at radius 1 is 1.33 bits per heavy atom. The lowest BCUT2D eigenvalue weighted by molar-refractivity contribution is 0.174. The van der Waals surface area contributed by atoms with Crippen LogP contribution in [0.5, 0.6) is 0 Å². The van der Waals surface area contributed by atoms with Crippen molar-refractivity contribution in [1.29, 1.82) is 0 Å². The zero-order valence-electron chi connectivity index (χ0n) is 8.67. The van der Waals surface area contributed by atoms with E-state index in [0.29, 0.717) is 0 Å². The SMILES string of the molecule is CCCOB(C)N(C)CCOC. The molecular formula is C8H20BNO2. The van der Waals surface area contributed by atoms with E-state index in [2.05, 4.69) is 18.6 Å². The molecule has 0 atom stereocenters. The first-order chi connectivity index (χ1) is 5.72. The molecule has 0 unspecified atom stereocenters. The molecule has 72 valence electrons. The van der Waals surface area contributed by atoms with Crippen molar-refractivity contribution in [3.63, 3.8) is 0 Å². The lowest BCUT2D eigenvalue weighted by Gasteiger charge is -2.20. The van der Waals surface area contributed by atoms with Crippen molar-refractivity contribution in [2.45, 2.75) is 20.2 Å². The minimum absolute atomic E-state index is 0.195. The summed E-state index contributed by atoms with van der Waals surface area (Å²) in [6, 6.07) is 0. The topological polar surface area (TPSA) is 21.7 Å². The van der Waals surface area contributed by atoms with Crippen LogP contribution in [0.2, 0.25) is 6.82 Å². The monoisotopic (exact) mass is 173 g/mol. The maximum Gasteiger partial charge on any atom is 0.378 e. The van der Waals surface area contributed by atoms with Crippen LogP contribution in [0, 0.1) is 0 Å². The van der Waals surface area contributed by atoms with E-state index in [9.17, 15) is 0 Å². The van der Waals surface area contributed by atoms with Gasteiger partial charge in [-0.3, -0.25) is 0 Å². The predicted octanol–water partition coefficient (Wildman–Crippen LogP) is 1.11. The zero-order chi connectivity index (χ0) is 9.40. The van der Waals surface area contributed by atoms with Crippen molar-refractivity contribution in [1.82, 2.24) is 4.81 Å². The van der Waals surface area contributed by atoms with Gasteiger partial charge in [-0.25, -0.2) is 0 Å². The minimum Gasteiger partial charge on any atom is -0.421 e. The fourth-order valence-electron chi connectivity index (χ4n) is 0.833. The third-order valence-electron chi connectivity index (χ3n) is 1.83. The van der Waals surface area contributed by atoms with Crippen molar-refractivity contribution < 1.29 is 9.39 Å². The van der Waals surface area contributed by atoms with Gasteiger partial charge in [-0.1, -0.05) is 6.92 Å². The summed E-state index contributed by atoms with van der Waals surface area (Å²) in [5, 5.41) is 0. The van der Waals surface area contributed by atoms with Crippen LogP contribution in [0.4, 0.5) is 0 Å². The highest BCUT2D eigenvalue weighted by atomic mass is 16.5. The van der Waals surface area contributed by atoms with Gasteiger partial charge >= 0.3 is 7.05 Å². The molecule has 3 nitrogen and oxygen atoms in total. The zero-order valence-corrected chi connectivity index (χ0v) is 8.67. The molecule has 0 aromatic carbocycles. The Bertz CT molecular complexity index is 91.1. The third-order valence-corrected chi connectivity index (χ3v) is 1.83. The second-order valence-electron chi connectivity index (χ2n) is 2.94. The minimum atomic E-state index is 0.195. The smallest absolute Gasteiger partial charge is 0.378 e. The Morgan fingerprint density at radius 2 is 2.00 bits per heavy atom. The molecule has 0 N–H and O–H groups in total. The molecule has 0 heterocycles. The van der Waals surface area contributed by atoms with Crippen LogP contribution in [0.15, 0.2) is 0 Å². The standard InChI is InChI=1S/C8H20BNO2/c1-5-7-12-9(2)10(3)6-8-11-4/h5-8H2,1-4H3. The summed E-state index contributed by atoms with van der Waals surface area (Å²) in [4.78, 5) is 2.14. The van der Waals surface area contributed by atoms with Crippen molar-refractivity contribution in [2.24, 2.45) is 0 Å². The van der Waals surface area contributed by atoms with E-state index >= 15 is 0 Å². The highest BCUT2D eigenvalue weighted by molar-refractivity contribution is 6.46. The first kappa shape index (κ1) is 11.9. The molecule has 0 aromatic heterocycles. The number of rotatable bonds is 7. The van der Waals surface area contributed by atoms with E-state index in [0.717, 1.165) is 26.2 Å². The van der Waals surface area contributed by atoms with Gasteiger partial charge < -0.3 is 14.2 Å². The average Bonchev–Trinajstić information content (AvgIpc) is 2.10. The summed E-state index contributed by atoms with van der Waals surface area (Å²) in [6.45, 7) is 6.68. The number of hydrogen-bond donors (Lipinski definition) is 0. The fourth-order valence-corrected chi connectivity index (χ4v) is 0.833. The quantitative estimate of drug-likeness (QED) is 0.538. The van der Waals surface area contributed by atoms with Crippen LogP contribution < -0.4 is 0 Å². The number of nitrogens with zero attached hydrogens (tertiary/aromatic N) is 1. The molecule has 0 fully saturated rings. The van der Waals surface area contributed by atoms with Crippen LogP contribution in [0.25, 0.3) is 0 Å². The maximum absolute atomic E-state index is 5.52. The largest absolute Gasteiger partial charge is 0.421 e. The van der Waals surface area contributed by atoms with Crippen molar-refractivity contribution >= 4 is 7.05 Å². The third kappa shape index (κ3) is 5.58. The number of ether oxygens (including phenoxy) is 1. The summed E-state index contributed by atoms with van der Waals surface area (Å²) in [7, 11) is 3.95. The first-order valence-electron chi connectivity index (χ1n) is 4.53. The first-order valence-corrected chi connectivity index (χ1v) is 4.53. The van der Waals surface area contributed by atoms with E-state index in [-0.39, 0.29) is 7.05 Å². The van der Waals surface area contributed by atoms with E-state index in [4.69, 9.17) is 9.39 Å². The van der Waals surface area contributed by atoms with Gasteiger partial charge in [0.05, 0.1) is 6.61 Å². The Hall–Kier alpha value is -0.0551. The molecule has 0 spiro atoms. The highest BCUT2D eigenvalue weighted by Crippen LogP contribution is 1.94.